The van der Waals surface area contributed by atoms with Crippen molar-refractivity contribution in [1.82, 2.24) is 0 Å². The molecule has 4 aromatic carbocycles. The van der Waals surface area contributed by atoms with E-state index in [4.69, 9.17) is 19.9 Å². The molecule has 0 aliphatic carbocycles. The molecule has 0 aromatic heterocycles. The van der Waals surface area contributed by atoms with Gasteiger partial charge in [-0.05, 0) is 53.1 Å². The minimum absolute atomic E-state index is 0.0214. The van der Waals surface area contributed by atoms with Crippen LogP contribution >= 0.6 is 0 Å². The van der Waals surface area contributed by atoms with E-state index in [1.54, 1.807) is 31.4 Å². The summed E-state index contributed by atoms with van der Waals surface area (Å²) in [6.07, 6.45) is -0.560. The van der Waals surface area contributed by atoms with Crippen molar-refractivity contribution in [1.29, 1.82) is 0 Å². The highest BCUT2D eigenvalue weighted by molar-refractivity contribution is 6.00. The van der Waals surface area contributed by atoms with Gasteiger partial charge in [0.1, 0.15) is 23.4 Å². The second kappa shape index (κ2) is 9.10. The van der Waals surface area contributed by atoms with Crippen LogP contribution in [0.1, 0.15) is 27.6 Å². The monoisotopic (exact) mass is 473 g/mol. The van der Waals surface area contributed by atoms with Gasteiger partial charge in [-0.3, -0.25) is 4.79 Å². The number of hydrogen-bond acceptors (Lipinski definition) is 4. The summed E-state index contributed by atoms with van der Waals surface area (Å²) in [7, 11) is 1.58. The van der Waals surface area contributed by atoms with Gasteiger partial charge in [-0.2, -0.15) is 8.78 Å². The van der Waals surface area contributed by atoms with Crippen LogP contribution in [-0.2, 0) is 0 Å². The lowest BCUT2D eigenvalue weighted by Crippen LogP contribution is -2.17. The third-order valence-corrected chi connectivity index (χ3v) is 5.95. The Bertz CT molecular complexity index is 1420. The number of carbonyl (C=O) groups excluding carboxylic acids is 1. The topological polar surface area (TPSA) is 70.8 Å². The van der Waals surface area contributed by atoms with E-state index in [1.807, 2.05) is 54.6 Å². The molecule has 4 aromatic rings. The SMILES string of the molecule is COc1cccc(C2Oc3cccc(OC(F)F)c3-c3ccc(-c4ccccc4C(N)=O)cc32)c1. The average Bonchev–Trinajstić information content (AvgIpc) is 2.87. The number of benzene rings is 4. The number of primary amides is 1. The van der Waals surface area contributed by atoms with Gasteiger partial charge in [0.2, 0.25) is 5.91 Å². The maximum absolute atomic E-state index is 13.2. The second-order valence-corrected chi connectivity index (χ2v) is 7.99. The molecule has 5 nitrogen and oxygen atoms in total. The molecule has 0 spiro atoms. The number of rotatable bonds is 6. The van der Waals surface area contributed by atoms with E-state index < -0.39 is 18.6 Å². The summed E-state index contributed by atoms with van der Waals surface area (Å²) in [5.74, 6) is 0.558. The van der Waals surface area contributed by atoms with Gasteiger partial charge >= 0.3 is 6.61 Å². The number of ether oxygens (including phenoxy) is 3. The Morgan fingerprint density at radius 1 is 0.943 bits per heavy atom. The average molecular weight is 473 g/mol. The Morgan fingerprint density at radius 3 is 2.51 bits per heavy atom. The molecular weight excluding hydrogens is 452 g/mol. The molecule has 1 unspecified atom stereocenters. The second-order valence-electron chi connectivity index (χ2n) is 7.99. The Labute approximate surface area is 200 Å². The van der Waals surface area contributed by atoms with Crippen LogP contribution in [0.15, 0.2) is 84.9 Å². The summed E-state index contributed by atoms with van der Waals surface area (Å²) in [6, 6.07) is 24.9. The first-order valence-electron chi connectivity index (χ1n) is 10.9. The fourth-order valence-corrected chi connectivity index (χ4v) is 4.44. The molecule has 2 N–H and O–H groups in total. The Kier molecular flexibility index (Phi) is 5.82. The maximum Gasteiger partial charge on any atom is 0.387 e. The minimum atomic E-state index is -2.98. The van der Waals surface area contributed by atoms with Crippen molar-refractivity contribution in [2.75, 3.05) is 7.11 Å². The van der Waals surface area contributed by atoms with Gasteiger partial charge in [0, 0.05) is 16.7 Å². The van der Waals surface area contributed by atoms with Gasteiger partial charge in [0.15, 0.2) is 0 Å². The summed E-state index contributed by atoms with van der Waals surface area (Å²) < 4.78 is 42.9. The summed E-state index contributed by atoms with van der Waals surface area (Å²) in [4.78, 5) is 12.0. The van der Waals surface area contributed by atoms with E-state index >= 15 is 0 Å². The normalized spacial score (nSPS) is 14.0. The van der Waals surface area contributed by atoms with Gasteiger partial charge in [-0.25, -0.2) is 0 Å². The van der Waals surface area contributed by atoms with Crippen molar-refractivity contribution in [3.05, 3.63) is 102 Å². The molecule has 0 saturated heterocycles. The van der Waals surface area contributed by atoms with Crippen molar-refractivity contribution in [2.24, 2.45) is 5.73 Å². The molecule has 1 amide bonds. The van der Waals surface area contributed by atoms with Gasteiger partial charge in [0.25, 0.3) is 0 Å². The number of alkyl halides is 2. The van der Waals surface area contributed by atoms with Crippen molar-refractivity contribution in [2.45, 2.75) is 12.7 Å². The molecular formula is C28H21F2NO4. The molecule has 35 heavy (non-hydrogen) atoms. The van der Waals surface area contributed by atoms with Crippen LogP contribution in [0.3, 0.4) is 0 Å². The lowest BCUT2D eigenvalue weighted by atomic mass is 9.86. The van der Waals surface area contributed by atoms with Crippen LogP contribution in [0.5, 0.6) is 17.2 Å². The van der Waals surface area contributed by atoms with Crippen LogP contribution in [0.2, 0.25) is 0 Å². The molecule has 0 fully saturated rings. The number of fused-ring (bicyclic) bond motifs is 3. The van der Waals surface area contributed by atoms with E-state index in [0.29, 0.717) is 33.8 Å². The third kappa shape index (κ3) is 4.17. The number of methoxy groups -OCH3 is 1. The lowest BCUT2D eigenvalue weighted by Gasteiger charge is -2.31. The van der Waals surface area contributed by atoms with Crippen LogP contribution < -0.4 is 19.9 Å². The summed E-state index contributed by atoms with van der Waals surface area (Å²) in [6.45, 7) is -2.98. The predicted octanol–water partition coefficient (Wildman–Crippen LogP) is 6.21. The molecule has 7 heteroatoms. The minimum Gasteiger partial charge on any atom is -0.497 e. The van der Waals surface area contributed by atoms with Gasteiger partial charge in [-0.15, -0.1) is 0 Å². The van der Waals surface area contributed by atoms with Gasteiger partial charge < -0.3 is 19.9 Å². The molecule has 1 aliphatic heterocycles. The highest BCUT2D eigenvalue weighted by Crippen LogP contribution is 2.50. The smallest absolute Gasteiger partial charge is 0.387 e. The zero-order valence-electron chi connectivity index (χ0n) is 18.7. The largest absolute Gasteiger partial charge is 0.497 e. The third-order valence-electron chi connectivity index (χ3n) is 5.95. The number of halogens is 2. The molecule has 0 radical (unpaired) electrons. The highest BCUT2D eigenvalue weighted by Gasteiger charge is 2.31. The fraction of sp³-hybridized carbons (Fsp3) is 0.107. The summed E-state index contributed by atoms with van der Waals surface area (Å²) in [5.41, 5.74) is 10.1. The molecule has 1 atom stereocenters. The molecule has 1 heterocycles. The summed E-state index contributed by atoms with van der Waals surface area (Å²) >= 11 is 0. The van der Waals surface area contributed by atoms with Crippen LogP contribution in [0.4, 0.5) is 8.78 Å². The zero-order valence-corrected chi connectivity index (χ0v) is 18.7. The number of carbonyl (C=O) groups is 1. The van der Waals surface area contributed by atoms with E-state index in [1.165, 1.54) is 6.07 Å². The Hall–Kier alpha value is -4.39. The first kappa shape index (κ1) is 22.4. The van der Waals surface area contributed by atoms with E-state index in [-0.39, 0.29) is 5.75 Å². The predicted molar refractivity (Wildman–Crippen MR) is 128 cm³/mol. The number of nitrogens with two attached hydrogens (primary N) is 1. The van der Waals surface area contributed by atoms with Gasteiger partial charge in [-0.1, -0.05) is 48.5 Å². The highest BCUT2D eigenvalue weighted by atomic mass is 19.3. The first-order chi connectivity index (χ1) is 17.0. The fourth-order valence-electron chi connectivity index (χ4n) is 4.44. The molecule has 0 saturated carbocycles. The van der Waals surface area contributed by atoms with Crippen LogP contribution in [0, 0.1) is 0 Å². The quantitative estimate of drug-likeness (QED) is 0.361. The first-order valence-corrected chi connectivity index (χ1v) is 10.9. The van der Waals surface area contributed by atoms with Crippen molar-refractivity contribution in [3.63, 3.8) is 0 Å². The van der Waals surface area contributed by atoms with Crippen LogP contribution in [-0.4, -0.2) is 19.6 Å². The maximum atomic E-state index is 13.2. The summed E-state index contributed by atoms with van der Waals surface area (Å²) in [5, 5.41) is 0. The number of amides is 1. The van der Waals surface area contributed by atoms with E-state index in [0.717, 1.165) is 16.7 Å². The zero-order chi connectivity index (χ0) is 24.5. The Balaban J connectivity index is 1.74. The van der Waals surface area contributed by atoms with Crippen molar-refractivity contribution in [3.8, 4) is 39.5 Å². The van der Waals surface area contributed by atoms with Gasteiger partial charge in [0.05, 0.1) is 12.7 Å². The Morgan fingerprint density at radius 2 is 1.74 bits per heavy atom. The molecule has 1 aliphatic rings. The standard InChI is InChI=1S/C28H21F2NO4/c1-33-18-7-4-6-17(14-18)26-22-15-16(19-8-2-3-9-21(19)27(31)32)12-13-20(22)25-23(34-26)10-5-11-24(25)35-28(29)30/h2-15,26,28H,1H3,(H2,31,32). The molecule has 5 rings (SSSR count). The van der Waals surface area contributed by atoms with Crippen molar-refractivity contribution < 1.29 is 27.8 Å². The lowest BCUT2D eigenvalue weighted by molar-refractivity contribution is -0.0496. The number of hydrogen-bond donors (Lipinski definition) is 1. The van der Waals surface area contributed by atoms with E-state index in [9.17, 15) is 13.6 Å². The molecule has 176 valence electrons. The van der Waals surface area contributed by atoms with Crippen molar-refractivity contribution >= 4 is 5.91 Å². The van der Waals surface area contributed by atoms with E-state index in [2.05, 4.69) is 0 Å². The van der Waals surface area contributed by atoms with Crippen LogP contribution in [0.25, 0.3) is 22.3 Å². The molecule has 0 bridgehead atoms.